The van der Waals surface area contributed by atoms with Gasteiger partial charge >= 0.3 is 0 Å². The quantitative estimate of drug-likeness (QED) is 0.793. The predicted molar refractivity (Wildman–Crippen MR) is 95.1 cm³/mol. The van der Waals surface area contributed by atoms with E-state index in [0.29, 0.717) is 5.92 Å². The summed E-state index contributed by atoms with van der Waals surface area (Å²) < 4.78 is 5.67. The molecule has 1 aromatic rings. The van der Waals surface area contributed by atoms with E-state index < -0.39 is 0 Å². The zero-order valence-corrected chi connectivity index (χ0v) is 15.1. The largest absolute Gasteiger partial charge is 0.496 e. The summed E-state index contributed by atoms with van der Waals surface area (Å²) in [6.45, 7) is 14.4. The van der Waals surface area contributed by atoms with E-state index in [1.54, 1.807) is 7.11 Å². The van der Waals surface area contributed by atoms with Crippen LogP contribution in [-0.4, -0.2) is 25.7 Å². The summed E-state index contributed by atoms with van der Waals surface area (Å²) in [7, 11) is 1.78. The lowest BCUT2D eigenvalue weighted by Crippen LogP contribution is -2.48. The summed E-state index contributed by atoms with van der Waals surface area (Å²) in [5.74, 6) is 1.59. The fourth-order valence-electron chi connectivity index (χ4n) is 3.88. The number of nitrogens with one attached hydrogen (secondary N) is 1. The lowest BCUT2D eigenvalue weighted by Gasteiger charge is -2.47. The van der Waals surface area contributed by atoms with Crippen molar-refractivity contribution in [2.24, 2.45) is 0 Å². The average molecular weight is 304 g/mol. The van der Waals surface area contributed by atoms with Gasteiger partial charge in [0.2, 0.25) is 0 Å². The zero-order chi connectivity index (χ0) is 16.3. The maximum absolute atomic E-state index is 5.67. The topological polar surface area (TPSA) is 24.5 Å². The van der Waals surface area contributed by atoms with Crippen LogP contribution in [0, 0.1) is 0 Å². The van der Waals surface area contributed by atoms with E-state index in [4.69, 9.17) is 4.74 Å². The first-order valence-electron chi connectivity index (χ1n) is 8.63. The highest BCUT2D eigenvalue weighted by atomic mass is 16.5. The van der Waals surface area contributed by atoms with E-state index in [1.165, 1.54) is 23.2 Å². The van der Waals surface area contributed by atoms with Gasteiger partial charge in [-0.1, -0.05) is 13.8 Å². The highest BCUT2D eigenvalue weighted by molar-refractivity contribution is 5.64. The molecule has 0 spiro atoms. The molecule has 0 aromatic heterocycles. The van der Waals surface area contributed by atoms with Gasteiger partial charge < -0.3 is 15.0 Å². The minimum atomic E-state index is 0.203. The van der Waals surface area contributed by atoms with Crippen LogP contribution in [-0.2, 0) is 6.54 Å². The Labute approximate surface area is 136 Å². The van der Waals surface area contributed by atoms with Crippen LogP contribution >= 0.6 is 0 Å². The summed E-state index contributed by atoms with van der Waals surface area (Å²) in [6, 6.07) is 4.61. The summed E-state index contributed by atoms with van der Waals surface area (Å²) in [4.78, 5) is 2.52. The molecule has 3 nitrogen and oxygen atoms in total. The number of ether oxygens (including phenoxy) is 1. The van der Waals surface area contributed by atoms with Gasteiger partial charge in [0.15, 0.2) is 0 Å². The summed E-state index contributed by atoms with van der Waals surface area (Å²) in [6.07, 6.45) is 2.35. The van der Waals surface area contributed by atoms with E-state index in [2.05, 4.69) is 57.0 Å². The Kier molecular flexibility index (Phi) is 5.38. The molecule has 1 aliphatic heterocycles. The predicted octanol–water partition coefficient (Wildman–Crippen LogP) is 4.31. The van der Waals surface area contributed by atoms with Crippen molar-refractivity contribution in [3.8, 4) is 5.75 Å². The van der Waals surface area contributed by atoms with E-state index >= 15 is 0 Å². The van der Waals surface area contributed by atoms with Crippen LogP contribution in [0.1, 0.15) is 64.5 Å². The first-order valence-corrected chi connectivity index (χ1v) is 8.63. The first-order chi connectivity index (χ1) is 10.4. The highest BCUT2D eigenvalue weighted by Crippen LogP contribution is 2.45. The molecule has 124 valence electrons. The second-order valence-electron chi connectivity index (χ2n) is 7.06. The van der Waals surface area contributed by atoms with E-state index in [-0.39, 0.29) is 5.54 Å². The number of hydrogen-bond donors (Lipinski definition) is 1. The molecule has 1 heterocycles. The van der Waals surface area contributed by atoms with Crippen molar-refractivity contribution >= 4 is 5.69 Å². The Morgan fingerprint density at radius 3 is 2.64 bits per heavy atom. The molecular weight excluding hydrogens is 272 g/mol. The third-order valence-corrected chi connectivity index (χ3v) is 4.85. The monoisotopic (exact) mass is 304 g/mol. The lowest BCUT2D eigenvalue weighted by atomic mass is 9.79. The van der Waals surface area contributed by atoms with Crippen LogP contribution in [0.4, 0.5) is 5.69 Å². The van der Waals surface area contributed by atoms with E-state index in [1.807, 2.05) is 0 Å². The van der Waals surface area contributed by atoms with Crippen LogP contribution in [0.25, 0.3) is 0 Å². The van der Waals surface area contributed by atoms with Crippen LogP contribution in [0.15, 0.2) is 12.1 Å². The minimum absolute atomic E-state index is 0.203. The Bertz CT molecular complexity index is 510. The number of nitrogens with zero attached hydrogens (tertiary/aromatic N) is 1. The Morgan fingerprint density at radius 1 is 1.32 bits per heavy atom. The zero-order valence-electron chi connectivity index (χ0n) is 15.1. The number of rotatable bonds is 6. The molecule has 0 fully saturated rings. The Morgan fingerprint density at radius 2 is 2.05 bits per heavy atom. The standard InChI is InChI=1S/C19H32N2O/c1-7-9-20-13-15-10-16-14(3)12-19(4,5)21(8-2)17(16)11-18(15)22-6/h10-11,14,20H,7-9,12-13H2,1-6H3. The van der Waals surface area contributed by atoms with Gasteiger partial charge in [-0.05, 0) is 57.7 Å². The van der Waals surface area contributed by atoms with Gasteiger partial charge in [0.25, 0.3) is 0 Å². The molecule has 1 unspecified atom stereocenters. The molecule has 1 aromatic carbocycles. The maximum atomic E-state index is 5.67. The van der Waals surface area contributed by atoms with Crippen molar-refractivity contribution in [3.63, 3.8) is 0 Å². The van der Waals surface area contributed by atoms with Crippen LogP contribution in [0.2, 0.25) is 0 Å². The SMILES string of the molecule is CCCNCc1cc2c(cc1OC)N(CC)C(C)(C)CC2C. The van der Waals surface area contributed by atoms with Gasteiger partial charge in [0.1, 0.15) is 5.75 Å². The third kappa shape index (κ3) is 3.24. The lowest BCUT2D eigenvalue weighted by molar-refractivity contribution is 0.376. The van der Waals surface area contributed by atoms with Gasteiger partial charge in [0.05, 0.1) is 7.11 Å². The molecule has 1 atom stereocenters. The van der Waals surface area contributed by atoms with Crippen molar-refractivity contribution in [2.75, 3.05) is 25.1 Å². The van der Waals surface area contributed by atoms with Gasteiger partial charge in [-0.15, -0.1) is 0 Å². The fourth-order valence-corrected chi connectivity index (χ4v) is 3.88. The maximum Gasteiger partial charge on any atom is 0.125 e. The fraction of sp³-hybridized carbons (Fsp3) is 0.684. The molecule has 22 heavy (non-hydrogen) atoms. The van der Waals surface area contributed by atoms with Gasteiger partial charge in [-0.3, -0.25) is 0 Å². The summed E-state index contributed by atoms with van der Waals surface area (Å²) in [5.41, 5.74) is 4.30. The molecule has 0 saturated carbocycles. The smallest absolute Gasteiger partial charge is 0.125 e. The van der Waals surface area contributed by atoms with Crippen molar-refractivity contribution in [1.82, 2.24) is 5.32 Å². The number of methoxy groups -OCH3 is 1. The molecule has 0 amide bonds. The van der Waals surface area contributed by atoms with Crippen LogP contribution in [0.5, 0.6) is 5.75 Å². The molecule has 2 rings (SSSR count). The molecule has 0 aliphatic carbocycles. The number of anilines is 1. The van der Waals surface area contributed by atoms with Crippen molar-refractivity contribution in [2.45, 2.75) is 65.5 Å². The second kappa shape index (κ2) is 6.91. The van der Waals surface area contributed by atoms with Crippen LogP contribution in [0.3, 0.4) is 0 Å². The third-order valence-electron chi connectivity index (χ3n) is 4.85. The average Bonchev–Trinajstić information content (AvgIpc) is 2.47. The molecule has 3 heteroatoms. The summed E-state index contributed by atoms with van der Waals surface area (Å²) >= 11 is 0. The molecular formula is C19H32N2O. The Hall–Kier alpha value is -1.22. The number of fused-ring (bicyclic) bond motifs is 1. The van der Waals surface area contributed by atoms with Gasteiger partial charge in [0, 0.05) is 35.9 Å². The number of hydrogen-bond acceptors (Lipinski definition) is 3. The second-order valence-corrected chi connectivity index (χ2v) is 7.06. The van der Waals surface area contributed by atoms with Crippen molar-refractivity contribution in [3.05, 3.63) is 23.3 Å². The van der Waals surface area contributed by atoms with Crippen LogP contribution < -0.4 is 15.0 Å². The molecule has 0 saturated heterocycles. The molecule has 1 N–H and O–H groups in total. The first kappa shape index (κ1) is 17.1. The highest BCUT2D eigenvalue weighted by Gasteiger charge is 2.36. The minimum Gasteiger partial charge on any atom is -0.496 e. The summed E-state index contributed by atoms with van der Waals surface area (Å²) in [5, 5.41) is 3.50. The molecule has 0 radical (unpaired) electrons. The Balaban J connectivity index is 2.42. The normalized spacial score (nSPS) is 19.9. The van der Waals surface area contributed by atoms with Gasteiger partial charge in [-0.25, -0.2) is 0 Å². The van der Waals surface area contributed by atoms with Crippen molar-refractivity contribution < 1.29 is 4.74 Å². The van der Waals surface area contributed by atoms with E-state index in [0.717, 1.165) is 31.8 Å². The van der Waals surface area contributed by atoms with E-state index in [9.17, 15) is 0 Å². The molecule has 0 bridgehead atoms. The van der Waals surface area contributed by atoms with Gasteiger partial charge in [-0.2, -0.15) is 0 Å². The number of benzene rings is 1. The van der Waals surface area contributed by atoms with Crippen molar-refractivity contribution in [1.29, 1.82) is 0 Å². The molecule has 1 aliphatic rings.